The van der Waals surface area contributed by atoms with Crippen molar-refractivity contribution in [1.82, 2.24) is 0 Å². The molecule has 0 spiro atoms. The van der Waals surface area contributed by atoms with Crippen molar-refractivity contribution >= 4 is 7.60 Å². The molecule has 0 aromatic rings. The molecule has 0 radical (unpaired) electrons. The molecule has 1 aliphatic rings. The molecule has 1 rings (SSSR count). The van der Waals surface area contributed by atoms with E-state index in [1.165, 1.54) is 97.0 Å². The van der Waals surface area contributed by atoms with Gasteiger partial charge in [-0.3, -0.25) is 9.09 Å². The van der Waals surface area contributed by atoms with E-state index >= 15 is 0 Å². The lowest BCUT2D eigenvalue weighted by atomic mass is 9.87. The lowest BCUT2D eigenvalue weighted by Crippen LogP contribution is -2.56. The highest BCUT2D eigenvalue weighted by molar-refractivity contribution is 7.52. The van der Waals surface area contributed by atoms with E-state index in [0.717, 1.165) is 12.8 Å². The van der Waals surface area contributed by atoms with Gasteiger partial charge in [0.25, 0.3) is 0 Å². The molecule has 0 amide bonds. The van der Waals surface area contributed by atoms with Crippen LogP contribution in [0, 0.1) is 0 Å². The number of rotatable bonds is 25. The Morgan fingerprint density at radius 2 is 1.23 bits per heavy atom. The lowest BCUT2D eigenvalue weighted by Gasteiger charge is -2.38. The van der Waals surface area contributed by atoms with E-state index in [1.807, 2.05) is 0 Å². The number of hydrogen-bond acceptors (Lipinski definition) is 8. The van der Waals surface area contributed by atoms with Crippen molar-refractivity contribution in [2.75, 3.05) is 26.5 Å². The van der Waals surface area contributed by atoms with E-state index in [1.54, 1.807) is 0 Å². The van der Waals surface area contributed by atoms with Gasteiger partial charge in [-0.1, -0.05) is 103 Å². The average Bonchev–Trinajstić information content (AvgIpc) is 2.91. The molecule has 9 nitrogen and oxygen atoms in total. The Morgan fingerprint density at radius 1 is 0.744 bits per heavy atom. The van der Waals surface area contributed by atoms with Crippen molar-refractivity contribution in [1.29, 1.82) is 0 Å². The molecule has 0 saturated heterocycles. The van der Waals surface area contributed by atoms with Crippen LogP contribution in [0.15, 0.2) is 0 Å². The van der Waals surface area contributed by atoms with Gasteiger partial charge < -0.3 is 34.8 Å². The van der Waals surface area contributed by atoms with Gasteiger partial charge in [-0.2, -0.15) is 0 Å². The molecule has 234 valence electrons. The van der Waals surface area contributed by atoms with Crippen LogP contribution < -0.4 is 0 Å². The highest BCUT2D eigenvalue weighted by atomic mass is 31.2. The first-order valence-corrected chi connectivity index (χ1v) is 17.3. The van der Waals surface area contributed by atoms with Crippen molar-refractivity contribution < 1.29 is 43.9 Å². The van der Waals surface area contributed by atoms with Crippen LogP contribution in [0.5, 0.6) is 0 Å². The average molecular weight is 583 g/mol. The van der Waals surface area contributed by atoms with E-state index in [4.69, 9.17) is 14.0 Å². The first kappa shape index (κ1) is 36.9. The summed E-state index contributed by atoms with van der Waals surface area (Å²) in [6.45, 7) is 3.18. The SMILES string of the molecule is CCCCCCCCCCCCCCCCCCOC[C@H](CCP(=O)(O)O[C@H]1[C@H](O)[C@@H](O)[C@H](O)C[C@H]1O)OC. The van der Waals surface area contributed by atoms with Crippen molar-refractivity contribution in [2.45, 2.75) is 159 Å². The third kappa shape index (κ3) is 17.5. The minimum atomic E-state index is -4.18. The molecule has 0 aromatic carbocycles. The zero-order valence-corrected chi connectivity index (χ0v) is 25.5. The molecule has 0 aromatic heterocycles. The minimum Gasteiger partial charge on any atom is -0.390 e. The van der Waals surface area contributed by atoms with Crippen LogP contribution in [0.1, 0.15) is 122 Å². The largest absolute Gasteiger partial charge is 0.390 e. The van der Waals surface area contributed by atoms with Crippen molar-refractivity contribution in [2.24, 2.45) is 0 Å². The molecule has 10 heteroatoms. The second-order valence-corrected chi connectivity index (χ2v) is 13.2. The predicted octanol–water partition coefficient (Wildman–Crippen LogP) is 5.09. The highest BCUT2D eigenvalue weighted by Gasteiger charge is 2.45. The maximum atomic E-state index is 12.5. The monoisotopic (exact) mass is 582 g/mol. The maximum Gasteiger partial charge on any atom is 0.328 e. The Hall–Kier alpha value is -0.0900. The van der Waals surface area contributed by atoms with Crippen LogP contribution in [0.3, 0.4) is 0 Å². The van der Waals surface area contributed by atoms with Crippen LogP contribution in [-0.4, -0.2) is 88.4 Å². The fraction of sp³-hybridized carbons (Fsp3) is 1.00. The van der Waals surface area contributed by atoms with Gasteiger partial charge in [-0.25, -0.2) is 0 Å². The number of aliphatic hydroxyl groups excluding tert-OH is 4. The van der Waals surface area contributed by atoms with Crippen molar-refractivity contribution in [3.05, 3.63) is 0 Å². The first-order valence-electron chi connectivity index (χ1n) is 15.5. The Labute approximate surface area is 237 Å². The summed E-state index contributed by atoms with van der Waals surface area (Å²) in [7, 11) is -2.66. The summed E-state index contributed by atoms with van der Waals surface area (Å²) in [4.78, 5) is 10.2. The van der Waals surface area contributed by atoms with Crippen LogP contribution in [0.2, 0.25) is 0 Å². The molecule has 1 unspecified atom stereocenters. The van der Waals surface area contributed by atoms with E-state index in [2.05, 4.69) is 6.92 Å². The van der Waals surface area contributed by atoms with Gasteiger partial charge in [0.05, 0.1) is 31.1 Å². The molecular weight excluding hydrogens is 523 g/mol. The van der Waals surface area contributed by atoms with Gasteiger partial charge in [0.2, 0.25) is 0 Å². The topological polar surface area (TPSA) is 146 Å². The minimum absolute atomic E-state index is 0.202. The number of aliphatic hydroxyl groups is 4. The van der Waals surface area contributed by atoms with E-state index in [0.29, 0.717) is 13.2 Å². The van der Waals surface area contributed by atoms with Crippen molar-refractivity contribution in [3.8, 4) is 0 Å². The fourth-order valence-electron chi connectivity index (χ4n) is 5.09. The molecule has 5 N–H and O–H groups in total. The smallest absolute Gasteiger partial charge is 0.328 e. The second kappa shape index (κ2) is 22.5. The number of unbranched alkanes of at least 4 members (excludes halogenated alkanes) is 15. The van der Waals surface area contributed by atoms with Crippen LogP contribution in [0.4, 0.5) is 0 Å². The number of hydrogen-bond donors (Lipinski definition) is 5. The van der Waals surface area contributed by atoms with Gasteiger partial charge in [0, 0.05) is 20.1 Å². The van der Waals surface area contributed by atoms with Gasteiger partial charge in [-0.15, -0.1) is 0 Å². The predicted molar refractivity (Wildman–Crippen MR) is 154 cm³/mol. The zero-order valence-electron chi connectivity index (χ0n) is 24.6. The van der Waals surface area contributed by atoms with Gasteiger partial charge >= 0.3 is 7.60 Å². The Bertz CT molecular complexity index is 624. The van der Waals surface area contributed by atoms with Gasteiger partial charge in [-0.05, 0) is 12.8 Å². The van der Waals surface area contributed by atoms with Crippen LogP contribution in [-0.2, 0) is 18.6 Å². The summed E-state index contributed by atoms with van der Waals surface area (Å²) < 4.78 is 28.7. The van der Waals surface area contributed by atoms with Crippen LogP contribution in [0.25, 0.3) is 0 Å². The summed E-state index contributed by atoms with van der Waals surface area (Å²) in [5.41, 5.74) is 0. The van der Waals surface area contributed by atoms with Crippen LogP contribution >= 0.6 is 7.60 Å². The quantitative estimate of drug-likeness (QED) is 0.0734. The fourth-order valence-corrected chi connectivity index (χ4v) is 6.45. The summed E-state index contributed by atoms with van der Waals surface area (Å²) in [6, 6.07) is 0. The number of methoxy groups -OCH3 is 1. The third-order valence-corrected chi connectivity index (χ3v) is 9.14. The molecular formula is C29H59O9P. The van der Waals surface area contributed by atoms with Gasteiger partial charge in [0.15, 0.2) is 0 Å². The Kier molecular flexibility index (Phi) is 21.3. The summed E-state index contributed by atoms with van der Waals surface area (Å²) >= 11 is 0. The second-order valence-electron chi connectivity index (χ2n) is 11.3. The third-order valence-electron chi connectivity index (χ3n) is 7.74. The molecule has 7 atom stereocenters. The molecule has 1 fully saturated rings. The Morgan fingerprint density at radius 3 is 1.72 bits per heavy atom. The highest BCUT2D eigenvalue weighted by Crippen LogP contribution is 2.46. The van der Waals surface area contributed by atoms with E-state index < -0.39 is 38.1 Å². The molecule has 0 bridgehead atoms. The molecule has 39 heavy (non-hydrogen) atoms. The summed E-state index contributed by atoms with van der Waals surface area (Å²) in [6.07, 6.45) is 13.0. The zero-order chi connectivity index (χ0) is 28.9. The maximum absolute atomic E-state index is 12.5. The number of ether oxygens (including phenoxy) is 2. The molecule has 0 aliphatic heterocycles. The summed E-state index contributed by atoms with van der Waals surface area (Å²) in [5, 5.41) is 39.4. The van der Waals surface area contributed by atoms with E-state index in [-0.39, 0.29) is 25.1 Å². The Balaban J connectivity index is 2.00. The van der Waals surface area contributed by atoms with Gasteiger partial charge in [0.1, 0.15) is 18.3 Å². The van der Waals surface area contributed by atoms with Crippen molar-refractivity contribution in [3.63, 3.8) is 0 Å². The van der Waals surface area contributed by atoms with E-state index in [9.17, 15) is 29.9 Å². The molecule has 0 heterocycles. The molecule has 1 saturated carbocycles. The normalized spacial score (nSPS) is 26.0. The summed E-state index contributed by atoms with van der Waals surface area (Å²) in [5.74, 6) is 0. The molecule has 1 aliphatic carbocycles. The first-order chi connectivity index (χ1) is 18.7. The lowest BCUT2D eigenvalue weighted by molar-refractivity contribution is -0.170. The standard InChI is InChI=1S/C29H59O9P/c1-3-4-5-6-7-8-9-10-11-12-13-14-15-16-17-18-20-37-23-24(36-2)19-21-39(34,35)38-29-26(31)22-25(30)27(32)28(29)33/h24-33H,3-23H2,1-2H3,(H,34,35)/t24-,25+,26+,27-,28+,29+/m0/s1.